The van der Waals surface area contributed by atoms with E-state index in [4.69, 9.17) is 4.42 Å². The molecule has 0 unspecified atom stereocenters. The van der Waals surface area contributed by atoms with Crippen molar-refractivity contribution in [2.45, 2.75) is 26.8 Å². The third-order valence-corrected chi connectivity index (χ3v) is 2.75. The van der Waals surface area contributed by atoms with Crippen molar-refractivity contribution in [3.8, 4) is 11.3 Å². The minimum Gasteiger partial charge on any atom is -0.457 e. The lowest BCUT2D eigenvalue weighted by Gasteiger charge is -2.07. The molecule has 1 N–H and O–H groups in total. The average Bonchev–Trinajstić information content (AvgIpc) is 2.86. The van der Waals surface area contributed by atoms with Gasteiger partial charge in [-0.3, -0.25) is 4.98 Å². The minimum atomic E-state index is 0.492. The number of aromatic nitrogens is 1. The van der Waals surface area contributed by atoms with Crippen LogP contribution in [0.2, 0.25) is 0 Å². The van der Waals surface area contributed by atoms with Gasteiger partial charge in [0, 0.05) is 30.5 Å². The Labute approximate surface area is 114 Å². The van der Waals surface area contributed by atoms with Gasteiger partial charge in [0.1, 0.15) is 11.5 Å². The maximum atomic E-state index is 5.80. The van der Waals surface area contributed by atoms with Gasteiger partial charge < -0.3 is 9.73 Å². The van der Waals surface area contributed by atoms with Gasteiger partial charge >= 0.3 is 0 Å². The molecule has 0 saturated heterocycles. The molecule has 0 aliphatic carbocycles. The zero-order chi connectivity index (χ0) is 13.7. The lowest BCUT2D eigenvalue weighted by Crippen LogP contribution is -2.24. The molecule has 2 aromatic heterocycles. The van der Waals surface area contributed by atoms with E-state index >= 15 is 0 Å². The minimum absolute atomic E-state index is 0.492. The fourth-order valence-electron chi connectivity index (χ4n) is 1.75. The average molecular weight is 256 g/mol. The number of pyridine rings is 1. The molecule has 0 aliphatic rings. The van der Waals surface area contributed by atoms with Crippen LogP contribution in [0.15, 0.2) is 46.6 Å². The highest BCUT2D eigenvalue weighted by molar-refractivity contribution is 5.59. The summed E-state index contributed by atoms with van der Waals surface area (Å²) in [5.74, 6) is 1.73. The van der Waals surface area contributed by atoms with Crippen molar-refractivity contribution in [1.82, 2.24) is 10.3 Å². The molecule has 3 heteroatoms. The van der Waals surface area contributed by atoms with E-state index in [1.54, 1.807) is 12.4 Å². The fraction of sp³-hybridized carbons (Fsp3) is 0.312. The molecule has 0 atom stereocenters. The summed E-state index contributed by atoms with van der Waals surface area (Å²) < 4.78 is 5.80. The summed E-state index contributed by atoms with van der Waals surface area (Å²) in [5.41, 5.74) is 2.25. The van der Waals surface area contributed by atoms with E-state index in [2.05, 4.69) is 37.1 Å². The third kappa shape index (κ3) is 4.07. The summed E-state index contributed by atoms with van der Waals surface area (Å²) in [6.07, 6.45) is 5.63. The molecular weight excluding hydrogens is 236 g/mol. The molecule has 19 heavy (non-hydrogen) atoms. The summed E-state index contributed by atoms with van der Waals surface area (Å²) in [5, 5.41) is 3.38. The van der Waals surface area contributed by atoms with E-state index < -0.39 is 0 Å². The molecule has 0 saturated carbocycles. The van der Waals surface area contributed by atoms with Crippen molar-refractivity contribution >= 4 is 6.08 Å². The highest BCUT2D eigenvalue weighted by atomic mass is 16.3. The van der Waals surface area contributed by atoms with Crippen LogP contribution in [-0.2, 0) is 0 Å². The number of rotatable bonds is 5. The number of nitrogens with one attached hydrogen (secondary N) is 1. The maximum Gasteiger partial charge on any atom is 0.136 e. The van der Waals surface area contributed by atoms with Crippen molar-refractivity contribution in [2.75, 3.05) is 6.54 Å². The lowest BCUT2D eigenvalue weighted by atomic mass is 10.2. The maximum absolute atomic E-state index is 5.80. The highest BCUT2D eigenvalue weighted by Gasteiger charge is 2.03. The predicted octanol–water partition coefficient (Wildman–Crippen LogP) is 3.74. The highest BCUT2D eigenvalue weighted by Crippen LogP contribution is 2.22. The SMILES string of the molecule is CC(=Cc1ccc(-c2cccnc2)o1)CNC(C)C. The first-order valence-electron chi connectivity index (χ1n) is 6.56. The second-order valence-corrected chi connectivity index (χ2v) is 4.97. The summed E-state index contributed by atoms with van der Waals surface area (Å²) in [6, 6.07) is 8.36. The zero-order valence-corrected chi connectivity index (χ0v) is 11.7. The first-order chi connectivity index (χ1) is 9.15. The lowest BCUT2D eigenvalue weighted by molar-refractivity contribution is 0.569. The molecule has 0 radical (unpaired) electrons. The van der Waals surface area contributed by atoms with Crippen molar-refractivity contribution in [1.29, 1.82) is 0 Å². The summed E-state index contributed by atoms with van der Waals surface area (Å²) >= 11 is 0. The van der Waals surface area contributed by atoms with Gasteiger partial charge in [0.2, 0.25) is 0 Å². The van der Waals surface area contributed by atoms with Crippen LogP contribution in [0.4, 0.5) is 0 Å². The molecule has 0 bridgehead atoms. The summed E-state index contributed by atoms with van der Waals surface area (Å²) in [7, 11) is 0. The molecule has 2 aromatic rings. The van der Waals surface area contributed by atoms with Crippen molar-refractivity contribution in [3.63, 3.8) is 0 Å². The van der Waals surface area contributed by atoms with Crippen molar-refractivity contribution < 1.29 is 4.42 Å². The number of furan rings is 1. The van der Waals surface area contributed by atoms with E-state index in [0.29, 0.717) is 6.04 Å². The molecule has 0 aromatic carbocycles. The second-order valence-electron chi connectivity index (χ2n) is 4.97. The van der Waals surface area contributed by atoms with Crippen molar-refractivity contribution in [3.05, 3.63) is 48.0 Å². The van der Waals surface area contributed by atoms with Crippen LogP contribution in [0.25, 0.3) is 17.4 Å². The third-order valence-electron chi connectivity index (χ3n) is 2.75. The molecular formula is C16H20N2O. The van der Waals surface area contributed by atoms with Gasteiger partial charge in [-0.25, -0.2) is 0 Å². The molecule has 100 valence electrons. The van der Waals surface area contributed by atoms with E-state index in [-0.39, 0.29) is 0 Å². The Morgan fingerprint density at radius 2 is 2.21 bits per heavy atom. The van der Waals surface area contributed by atoms with Crippen molar-refractivity contribution in [2.24, 2.45) is 0 Å². The van der Waals surface area contributed by atoms with Gasteiger partial charge in [-0.05, 0) is 37.3 Å². The monoisotopic (exact) mass is 256 g/mol. The van der Waals surface area contributed by atoms with Gasteiger partial charge in [-0.1, -0.05) is 19.4 Å². The summed E-state index contributed by atoms with van der Waals surface area (Å²) in [6.45, 7) is 7.25. The molecule has 0 fully saturated rings. The summed E-state index contributed by atoms with van der Waals surface area (Å²) in [4.78, 5) is 4.09. The molecule has 2 rings (SSSR count). The quantitative estimate of drug-likeness (QED) is 0.885. The Hall–Kier alpha value is -1.87. The molecule has 2 heterocycles. The van der Waals surface area contributed by atoms with Gasteiger partial charge in [0.25, 0.3) is 0 Å². The number of hydrogen-bond acceptors (Lipinski definition) is 3. The van der Waals surface area contributed by atoms with Crippen LogP contribution < -0.4 is 5.32 Å². The Kier molecular flexibility index (Phi) is 4.53. The Bertz CT molecular complexity index is 541. The predicted molar refractivity (Wildman–Crippen MR) is 78.7 cm³/mol. The normalized spacial score (nSPS) is 12.1. The molecule has 3 nitrogen and oxygen atoms in total. The van der Waals surface area contributed by atoms with Crippen LogP contribution in [-0.4, -0.2) is 17.6 Å². The zero-order valence-electron chi connectivity index (χ0n) is 11.7. The first kappa shape index (κ1) is 13.6. The van der Waals surface area contributed by atoms with Crippen LogP contribution >= 0.6 is 0 Å². The van der Waals surface area contributed by atoms with Crippen LogP contribution in [0.3, 0.4) is 0 Å². The second kappa shape index (κ2) is 6.34. The Morgan fingerprint density at radius 1 is 1.37 bits per heavy atom. The smallest absolute Gasteiger partial charge is 0.136 e. The van der Waals surface area contributed by atoms with Crippen LogP contribution in [0, 0.1) is 0 Å². The molecule has 0 aliphatic heterocycles. The Morgan fingerprint density at radius 3 is 2.89 bits per heavy atom. The fourth-order valence-corrected chi connectivity index (χ4v) is 1.75. The van der Waals surface area contributed by atoms with E-state index in [9.17, 15) is 0 Å². The first-order valence-corrected chi connectivity index (χ1v) is 6.56. The van der Waals surface area contributed by atoms with Gasteiger partial charge in [-0.2, -0.15) is 0 Å². The van der Waals surface area contributed by atoms with E-state index in [1.807, 2.05) is 24.3 Å². The standard InChI is InChI=1S/C16H20N2O/c1-12(2)18-10-13(3)9-15-6-7-16(19-15)14-5-4-8-17-11-14/h4-9,11-12,18H,10H2,1-3H3. The van der Waals surface area contributed by atoms with Crippen LogP contribution in [0.5, 0.6) is 0 Å². The number of nitrogens with zero attached hydrogens (tertiary/aromatic N) is 1. The van der Waals surface area contributed by atoms with Gasteiger partial charge in [0.15, 0.2) is 0 Å². The Balaban J connectivity index is 2.07. The van der Waals surface area contributed by atoms with E-state index in [0.717, 1.165) is 23.6 Å². The van der Waals surface area contributed by atoms with Gasteiger partial charge in [0.05, 0.1) is 0 Å². The van der Waals surface area contributed by atoms with Crippen LogP contribution in [0.1, 0.15) is 26.5 Å². The largest absolute Gasteiger partial charge is 0.457 e. The topological polar surface area (TPSA) is 38.1 Å². The van der Waals surface area contributed by atoms with Gasteiger partial charge in [-0.15, -0.1) is 0 Å². The molecule has 0 spiro atoms. The van der Waals surface area contributed by atoms with E-state index in [1.165, 1.54) is 5.57 Å². The molecule has 0 amide bonds. The number of hydrogen-bond donors (Lipinski definition) is 1.